The van der Waals surface area contributed by atoms with Crippen molar-refractivity contribution >= 4 is 0 Å². The lowest BCUT2D eigenvalue weighted by Gasteiger charge is -2.56. The quantitative estimate of drug-likeness (QED) is 0.646. The number of hydrogen-bond donors (Lipinski definition) is 3. The van der Waals surface area contributed by atoms with Gasteiger partial charge in [0.1, 0.15) is 0 Å². The fourth-order valence-corrected chi connectivity index (χ4v) is 6.70. The third-order valence-corrected chi connectivity index (χ3v) is 8.50. The number of aliphatic hydroxyl groups excluding tert-OH is 3. The lowest BCUT2D eigenvalue weighted by atomic mass is 9.49. The second-order valence-electron chi connectivity index (χ2n) is 9.64. The minimum atomic E-state index is -0.223. The summed E-state index contributed by atoms with van der Waals surface area (Å²) in [5.41, 5.74) is 1.71. The van der Waals surface area contributed by atoms with E-state index in [0.717, 1.165) is 32.1 Å². The van der Waals surface area contributed by atoms with E-state index in [1.165, 1.54) is 18.4 Å². The molecule has 0 aromatic rings. The zero-order chi connectivity index (χ0) is 18.9. The predicted molar refractivity (Wildman–Crippen MR) is 106 cm³/mol. The fraction of sp³-hybridized carbons (Fsp3) is 0.826. The van der Waals surface area contributed by atoms with Crippen LogP contribution in [0.3, 0.4) is 0 Å². The van der Waals surface area contributed by atoms with E-state index < -0.39 is 0 Å². The van der Waals surface area contributed by atoms with E-state index in [4.69, 9.17) is 5.11 Å². The smallest absolute Gasteiger partial charge is 0.0546 e. The van der Waals surface area contributed by atoms with Gasteiger partial charge in [-0.15, -0.1) is 0 Å². The van der Waals surface area contributed by atoms with Crippen molar-refractivity contribution in [2.24, 2.45) is 34.5 Å². The van der Waals surface area contributed by atoms with Crippen LogP contribution in [-0.2, 0) is 0 Å². The maximum atomic E-state index is 10.4. The van der Waals surface area contributed by atoms with Gasteiger partial charge >= 0.3 is 0 Å². The molecule has 3 N–H and O–H groups in total. The first-order chi connectivity index (χ1) is 12.4. The van der Waals surface area contributed by atoms with Crippen LogP contribution in [0.2, 0.25) is 0 Å². The Morgan fingerprint density at radius 2 is 1.88 bits per heavy atom. The van der Waals surface area contributed by atoms with Gasteiger partial charge in [0.15, 0.2) is 0 Å². The average Bonchev–Trinajstić information content (AvgIpc) is 2.92. The molecule has 3 rings (SSSR count). The molecule has 148 valence electrons. The third-order valence-electron chi connectivity index (χ3n) is 8.50. The molecule has 0 bridgehead atoms. The number of allylic oxidation sites excluding steroid dienone is 2. The van der Waals surface area contributed by atoms with Crippen molar-refractivity contribution in [1.82, 2.24) is 0 Å². The van der Waals surface area contributed by atoms with Crippen molar-refractivity contribution in [1.29, 1.82) is 0 Å². The molecule has 0 aromatic heterocycles. The summed E-state index contributed by atoms with van der Waals surface area (Å²) in [6.07, 6.45) is 12.1. The first-order valence-corrected chi connectivity index (χ1v) is 10.6. The monoisotopic (exact) mass is 362 g/mol. The fourth-order valence-electron chi connectivity index (χ4n) is 6.70. The highest BCUT2D eigenvalue weighted by molar-refractivity contribution is 5.21. The molecular weight excluding hydrogens is 324 g/mol. The van der Waals surface area contributed by atoms with Crippen LogP contribution in [0, 0.1) is 34.5 Å². The standard InChI is InChI=1S/C23H38O3/c1-16-7-8-20-19(15-25)21(10-12-22(16,20)2)23(3)11-9-18(26)14-17(23)6-4-5-13-24/h4,6,17-21,24-26H,1,5,7-15H2,2-3H3. The zero-order valence-electron chi connectivity index (χ0n) is 16.7. The van der Waals surface area contributed by atoms with Crippen LogP contribution in [0.5, 0.6) is 0 Å². The van der Waals surface area contributed by atoms with Gasteiger partial charge in [-0.1, -0.05) is 38.2 Å². The number of aliphatic hydroxyl groups is 3. The Hall–Kier alpha value is -0.640. The molecule has 3 aliphatic carbocycles. The highest BCUT2D eigenvalue weighted by Gasteiger charge is 2.56. The molecule has 3 saturated carbocycles. The molecule has 0 radical (unpaired) electrons. The summed E-state index contributed by atoms with van der Waals surface area (Å²) in [6.45, 7) is 9.57. The molecule has 26 heavy (non-hydrogen) atoms. The van der Waals surface area contributed by atoms with Gasteiger partial charge in [-0.25, -0.2) is 0 Å². The van der Waals surface area contributed by atoms with Gasteiger partial charge in [0, 0.05) is 13.2 Å². The summed E-state index contributed by atoms with van der Waals surface area (Å²) < 4.78 is 0. The van der Waals surface area contributed by atoms with E-state index >= 15 is 0 Å². The van der Waals surface area contributed by atoms with E-state index in [0.29, 0.717) is 30.1 Å². The summed E-state index contributed by atoms with van der Waals surface area (Å²) in [5.74, 6) is 1.70. The molecule has 3 aliphatic rings. The van der Waals surface area contributed by atoms with Gasteiger partial charge in [0.25, 0.3) is 0 Å². The number of fused-ring (bicyclic) bond motifs is 1. The molecule has 3 heteroatoms. The van der Waals surface area contributed by atoms with Crippen molar-refractivity contribution in [2.45, 2.75) is 71.3 Å². The first-order valence-electron chi connectivity index (χ1n) is 10.6. The normalized spacial score (nSPS) is 46.7. The molecule has 7 unspecified atom stereocenters. The van der Waals surface area contributed by atoms with Crippen molar-refractivity contribution in [3.8, 4) is 0 Å². The van der Waals surface area contributed by atoms with Crippen LogP contribution >= 0.6 is 0 Å². The summed E-state index contributed by atoms with van der Waals surface area (Å²) >= 11 is 0. The summed E-state index contributed by atoms with van der Waals surface area (Å²) in [7, 11) is 0. The van der Waals surface area contributed by atoms with Crippen LogP contribution in [0.4, 0.5) is 0 Å². The SMILES string of the molecule is C=C1CCC2C(CO)C(C3(C)CCC(O)CC3C=CCCO)CCC12C. The Labute approximate surface area is 159 Å². The van der Waals surface area contributed by atoms with Crippen LogP contribution in [-0.4, -0.2) is 34.6 Å². The molecule has 0 aromatic carbocycles. The van der Waals surface area contributed by atoms with E-state index in [1.807, 2.05) is 0 Å². The molecule has 0 amide bonds. The zero-order valence-corrected chi connectivity index (χ0v) is 16.7. The molecule has 0 heterocycles. The second kappa shape index (κ2) is 7.77. The minimum absolute atomic E-state index is 0.115. The maximum absolute atomic E-state index is 10.4. The molecule has 3 nitrogen and oxygen atoms in total. The highest BCUT2D eigenvalue weighted by atomic mass is 16.3. The highest BCUT2D eigenvalue weighted by Crippen LogP contribution is 2.63. The van der Waals surface area contributed by atoms with Gasteiger partial charge in [-0.2, -0.15) is 0 Å². The van der Waals surface area contributed by atoms with Gasteiger partial charge in [-0.3, -0.25) is 0 Å². The second-order valence-corrected chi connectivity index (χ2v) is 9.64. The van der Waals surface area contributed by atoms with E-state index in [2.05, 4.69) is 32.6 Å². The molecular formula is C23H38O3. The Morgan fingerprint density at radius 3 is 2.58 bits per heavy atom. The molecule has 0 spiro atoms. The van der Waals surface area contributed by atoms with Crippen molar-refractivity contribution in [3.63, 3.8) is 0 Å². The van der Waals surface area contributed by atoms with Crippen LogP contribution in [0.15, 0.2) is 24.3 Å². The first kappa shape index (κ1) is 20.1. The van der Waals surface area contributed by atoms with Crippen molar-refractivity contribution in [2.75, 3.05) is 13.2 Å². The number of hydrogen-bond acceptors (Lipinski definition) is 3. The van der Waals surface area contributed by atoms with Crippen LogP contribution in [0.25, 0.3) is 0 Å². The largest absolute Gasteiger partial charge is 0.396 e. The lowest BCUT2D eigenvalue weighted by molar-refractivity contribution is -0.0825. The Bertz CT molecular complexity index is 542. The topological polar surface area (TPSA) is 60.7 Å². The average molecular weight is 363 g/mol. The van der Waals surface area contributed by atoms with Crippen LogP contribution in [0.1, 0.15) is 65.2 Å². The Morgan fingerprint density at radius 1 is 1.12 bits per heavy atom. The van der Waals surface area contributed by atoms with Gasteiger partial charge in [0.05, 0.1) is 6.10 Å². The lowest BCUT2D eigenvalue weighted by Crippen LogP contribution is -2.50. The summed E-state index contributed by atoms with van der Waals surface area (Å²) in [6, 6.07) is 0. The molecule has 3 fully saturated rings. The third kappa shape index (κ3) is 3.31. The summed E-state index contributed by atoms with van der Waals surface area (Å²) in [4.78, 5) is 0. The predicted octanol–water partition coefficient (Wildman–Crippen LogP) is 4.08. The van der Waals surface area contributed by atoms with E-state index in [9.17, 15) is 10.2 Å². The van der Waals surface area contributed by atoms with Gasteiger partial charge in [-0.05, 0) is 85.9 Å². The maximum Gasteiger partial charge on any atom is 0.0546 e. The number of rotatable bonds is 5. The Balaban J connectivity index is 1.88. The van der Waals surface area contributed by atoms with Gasteiger partial charge in [0.2, 0.25) is 0 Å². The Kier molecular flexibility index (Phi) is 6.01. The minimum Gasteiger partial charge on any atom is -0.396 e. The molecule has 7 atom stereocenters. The molecule has 0 saturated heterocycles. The molecule has 0 aliphatic heterocycles. The van der Waals surface area contributed by atoms with Crippen molar-refractivity contribution in [3.05, 3.63) is 24.3 Å². The van der Waals surface area contributed by atoms with Crippen LogP contribution < -0.4 is 0 Å². The van der Waals surface area contributed by atoms with E-state index in [-0.39, 0.29) is 30.1 Å². The summed E-state index contributed by atoms with van der Waals surface area (Å²) in [5, 5.41) is 29.8. The van der Waals surface area contributed by atoms with Crippen molar-refractivity contribution < 1.29 is 15.3 Å². The van der Waals surface area contributed by atoms with E-state index in [1.54, 1.807) is 0 Å². The van der Waals surface area contributed by atoms with Gasteiger partial charge < -0.3 is 15.3 Å².